The van der Waals surface area contributed by atoms with Crippen LogP contribution in [0.5, 0.6) is 5.75 Å². The second-order valence-electron chi connectivity index (χ2n) is 5.88. The molecule has 1 heterocycles. The lowest BCUT2D eigenvalue weighted by molar-refractivity contribution is 0.415. The number of hydrogen-bond acceptors (Lipinski definition) is 8. The molecule has 0 saturated heterocycles. The fourth-order valence-electron chi connectivity index (χ4n) is 2.30. The minimum absolute atomic E-state index is 0.120. The number of nitrogens with one attached hydrogen (secondary N) is 3. The number of rotatable bonds is 7. The molecular weight excluding hydrogens is 380 g/mol. The van der Waals surface area contributed by atoms with Gasteiger partial charge in [0.25, 0.3) is 10.0 Å². The van der Waals surface area contributed by atoms with Crippen LogP contribution in [0.4, 0.5) is 23.0 Å². The molecule has 146 valence electrons. The lowest BCUT2D eigenvalue weighted by atomic mass is 10.2. The Morgan fingerprint density at radius 3 is 2.25 bits per heavy atom. The maximum atomic E-state index is 12.4. The summed E-state index contributed by atoms with van der Waals surface area (Å²) in [5.41, 5.74) is 10.5. The SMILES string of the molecule is COc1ccc(Nc2ncnc(NNS(=O)(=O)c3ccc(C)cc3)c2N)cc1. The van der Waals surface area contributed by atoms with Gasteiger partial charge in [0.05, 0.1) is 12.0 Å². The summed E-state index contributed by atoms with van der Waals surface area (Å²) in [6.45, 7) is 1.88. The molecule has 0 fully saturated rings. The fraction of sp³-hybridized carbons (Fsp3) is 0.111. The number of aryl methyl sites for hydroxylation is 1. The van der Waals surface area contributed by atoms with E-state index < -0.39 is 10.0 Å². The molecule has 0 amide bonds. The van der Waals surface area contributed by atoms with Gasteiger partial charge in [0, 0.05) is 5.69 Å². The molecule has 0 aliphatic carbocycles. The van der Waals surface area contributed by atoms with Crippen molar-refractivity contribution in [1.29, 1.82) is 0 Å². The van der Waals surface area contributed by atoms with Crippen LogP contribution in [-0.4, -0.2) is 25.5 Å². The van der Waals surface area contributed by atoms with E-state index in [-0.39, 0.29) is 16.4 Å². The third-order valence-corrected chi connectivity index (χ3v) is 5.14. The standard InChI is InChI=1S/C18H20N6O3S/c1-12-3-9-15(10-4-12)28(25,26)24-23-18-16(19)17(20-11-21-18)22-13-5-7-14(27-2)8-6-13/h3-11,24H,19H2,1-2H3,(H2,20,21,22,23). The van der Waals surface area contributed by atoms with Gasteiger partial charge in [-0.3, -0.25) is 5.43 Å². The molecule has 2 aromatic carbocycles. The van der Waals surface area contributed by atoms with Crippen molar-refractivity contribution in [3.8, 4) is 5.75 Å². The van der Waals surface area contributed by atoms with Crippen LogP contribution in [0, 0.1) is 6.92 Å². The lowest BCUT2D eigenvalue weighted by Crippen LogP contribution is -2.30. The van der Waals surface area contributed by atoms with Crippen molar-refractivity contribution in [1.82, 2.24) is 14.8 Å². The van der Waals surface area contributed by atoms with Gasteiger partial charge < -0.3 is 15.8 Å². The zero-order valence-electron chi connectivity index (χ0n) is 15.3. The maximum absolute atomic E-state index is 12.4. The Labute approximate surface area is 163 Å². The number of nitrogens with two attached hydrogens (primary N) is 1. The highest BCUT2D eigenvalue weighted by Gasteiger charge is 2.15. The van der Waals surface area contributed by atoms with Gasteiger partial charge in [0.15, 0.2) is 11.6 Å². The van der Waals surface area contributed by atoms with Gasteiger partial charge in [0.2, 0.25) is 0 Å². The molecule has 28 heavy (non-hydrogen) atoms. The molecule has 0 aliphatic rings. The van der Waals surface area contributed by atoms with Crippen LogP contribution in [0.3, 0.4) is 0 Å². The molecular formula is C18H20N6O3S. The highest BCUT2D eigenvalue weighted by atomic mass is 32.2. The third kappa shape index (κ3) is 4.48. The Morgan fingerprint density at radius 2 is 1.61 bits per heavy atom. The van der Waals surface area contributed by atoms with Crippen LogP contribution in [0.1, 0.15) is 5.56 Å². The predicted molar refractivity (Wildman–Crippen MR) is 108 cm³/mol. The fourth-order valence-corrected chi connectivity index (χ4v) is 3.14. The second kappa shape index (κ2) is 8.11. The van der Waals surface area contributed by atoms with E-state index >= 15 is 0 Å². The predicted octanol–water partition coefficient (Wildman–Crippen LogP) is 2.42. The van der Waals surface area contributed by atoms with E-state index in [0.717, 1.165) is 11.3 Å². The number of nitrogens with zero attached hydrogens (tertiary/aromatic N) is 2. The number of anilines is 4. The molecule has 3 aromatic rings. The van der Waals surface area contributed by atoms with Crippen molar-refractivity contribution in [3.63, 3.8) is 0 Å². The van der Waals surface area contributed by atoms with E-state index in [9.17, 15) is 8.42 Å². The molecule has 0 unspecified atom stereocenters. The molecule has 0 atom stereocenters. The first kappa shape index (κ1) is 19.4. The van der Waals surface area contributed by atoms with Gasteiger partial charge in [-0.1, -0.05) is 17.7 Å². The first-order valence-electron chi connectivity index (χ1n) is 8.25. The summed E-state index contributed by atoms with van der Waals surface area (Å²) < 4.78 is 29.9. The van der Waals surface area contributed by atoms with Crippen LogP contribution in [0.15, 0.2) is 59.8 Å². The number of sulfonamides is 1. The van der Waals surface area contributed by atoms with Crippen LogP contribution < -0.4 is 26.0 Å². The van der Waals surface area contributed by atoms with Gasteiger partial charge >= 0.3 is 0 Å². The van der Waals surface area contributed by atoms with Crippen molar-refractivity contribution in [2.75, 3.05) is 23.6 Å². The number of methoxy groups -OCH3 is 1. The van der Waals surface area contributed by atoms with Crippen molar-refractivity contribution in [3.05, 3.63) is 60.4 Å². The van der Waals surface area contributed by atoms with Crippen molar-refractivity contribution in [2.45, 2.75) is 11.8 Å². The minimum atomic E-state index is -3.78. The zero-order chi connectivity index (χ0) is 20.1. The Morgan fingerprint density at radius 1 is 0.964 bits per heavy atom. The number of aromatic nitrogens is 2. The second-order valence-corrected chi connectivity index (χ2v) is 7.56. The molecule has 1 aromatic heterocycles. The van der Waals surface area contributed by atoms with Gasteiger partial charge in [-0.15, -0.1) is 4.83 Å². The van der Waals surface area contributed by atoms with E-state index in [1.54, 1.807) is 43.5 Å². The molecule has 0 radical (unpaired) electrons. The summed E-state index contributed by atoms with van der Waals surface area (Å²) in [7, 11) is -2.20. The number of hydrogen-bond donors (Lipinski definition) is 4. The largest absolute Gasteiger partial charge is 0.497 e. The van der Waals surface area contributed by atoms with E-state index in [1.165, 1.54) is 18.5 Å². The van der Waals surface area contributed by atoms with Crippen LogP contribution in [0.25, 0.3) is 0 Å². The summed E-state index contributed by atoms with van der Waals surface area (Å²) in [4.78, 5) is 10.5. The number of benzene rings is 2. The Bertz CT molecular complexity index is 1050. The average molecular weight is 400 g/mol. The molecule has 0 bridgehead atoms. The summed E-state index contributed by atoms with van der Waals surface area (Å²) in [6, 6.07) is 13.6. The highest BCUT2D eigenvalue weighted by molar-refractivity contribution is 7.89. The monoisotopic (exact) mass is 400 g/mol. The van der Waals surface area contributed by atoms with Gasteiger partial charge in [-0.05, 0) is 43.3 Å². The minimum Gasteiger partial charge on any atom is -0.497 e. The number of nitrogen functional groups attached to an aromatic ring is 1. The van der Waals surface area contributed by atoms with E-state index in [0.29, 0.717) is 11.6 Å². The molecule has 0 saturated carbocycles. The highest BCUT2D eigenvalue weighted by Crippen LogP contribution is 2.26. The topological polar surface area (TPSA) is 131 Å². The van der Waals surface area contributed by atoms with Crippen molar-refractivity contribution < 1.29 is 13.2 Å². The van der Waals surface area contributed by atoms with Gasteiger partial charge in [-0.25, -0.2) is 18.4 Å². The molecule has 5 N–H and O–H groups in total. The van der Waals surface area contributed by atoms with E-state index in [1.807, 2.05) is 6.92 Å². The summed E-state index contributed by atoms with van der Waals surface area (Å²) >= 11 is 0. The number of hydrazine groups is 1. The summed E-state index contributed by atoms with van der Waals surface area (Å²) in [5, 5.41) is 3.05. The van der Waals surface area contributed by atoms with Gasteiger partial charge in [-0.2, -0.15) is 0 Å². The smallest absolute Gasteiger partial charge is 0.257 e. The van der Waals surface area contributed by atoms with E-state index in [4.69, 9.17) is 10.5 Å². The molecule has 9 nitrogen and oxygen atoms in total. The van der Waals surface area contributed by atoms with E-state index in [2.05, 4.69) is 25.5 Å². The van der Waals surface area contributed by atoms with Crippen LogP contribution in [0.2, 0.25) is 0 Å². The summed E-state index contributed by atoms with van der Waals surface area (Å²) in [5.74, 6) is 1.17. The Hall–Kier alpha value is -3.37. The normalized spacial score (nSPS) is 11.1. The van der Waals surface area contributed by atoms with Crippen molar-refractivity contribution in [2.24, 2.45) is 0 Å². The average Bonchev–Trinajstić information content (AvgIpc) is 2.69. The molecule has 10 heteroatoms. The summed E-state index contributed by atoms with van der Waals surface area (Å²) in [6.07, 6.45) is 1.27. The zero-order valence-corrected chi connectivity index (χ0v) is 16.1. The third-order valence-electron chi connectivity index (χ3n) is 3.87. The first-order valence-corrected chi connectivity index (χ1v) is 9.73. The lowest BCUT2D eigenvalue weighted by Gasteiger charge is -2.13. The molecule has 0 spiro atoms. The van der Waals surface area contributed by atoms with Crippen LogP contribution in [-0.2, 0) is 10.0 Å². The quantitative estimate of drug-likeness (QED) is 0.445. The van der Waals surface area contributed by atoms with Crippen LogP contribution >= 0.6 is 0 Å². The molecule has 0 aliphatic heterocycles. The first-order chi connectivity index (χ1) is 13.4. The molecule has 3 rings (SSSR count). The van der Waals surface area contributed by atoms with Gasteiger partial charge in [0.1, 0.15) is 17.8 Å². The Kier molecular flexibility index (Phi) is 5.62. The Balaban J connectivity index is 1.74. The maximum Gasteiger partial charge on any atom is 0.257 e. The van der Waals surface area contributed by atoms with Crippen molar-refractivity contribution >= 4 is 33.0 Å². The number of ether oxygens (including phenoxy) is 1.